The van der Waals surface area contributed by atoms with Gasteiger partial charge in [0.05, 0.1) is 19.3 Å². The van der Waals surface area contributed by atoms with Crippen LogP contribution in [0.3, 0.4) is 0 Å². The summed E-state index contributed by atoms with van der Waals surface area (Å²) in [5.41, 5.74) is 7.42. The molecule has 6 heteroatoms. The minimum Gasteiger partial charge on any atom is -0.496 e. The van der Waals surface area contributed by atoms with Crippen molar-refractivity contribution in [1.82, 2.24) is 16.2 Å². The van der Waals surface area contributed by atoms with Gasteiger partial charge in [-0.25, -0.2) is 10.9 Å². The Labute approximate surface area is 131 Å². The van der Waals surface area contributed by atoms with Crippen LogP contribution in [0, 0.1) is 0 Å². The van der Waals surface area contributed by atoms with Gasteiger partial charge in [-0.2, -0.15) is 0 Å². The van der Waals surface area contributed by atoms with Crippen LogP contribution in [0.25, 0.3) is 0 Å². The molecule has 0 spiro atoms. The average Bonchev–Trinajstić information content (AvgIpc) is 2.99. The van der Waals surface area contributed by atoms with Gasteiger partial charge in [-0.3, -0.25) is 4.79 Å². The highest BCUT2D eigenvalue weighted by atomic mass is 16.5. The number of carbonyl (C=O) groups excluding carboxylic acids is 1. The molecule has 1 fully saturated rings. The molecular formula is C16H25N3O3. The Kier molecular flexibility index (Phi) is 6.64. The van der Waals surface area contributed by atoms with E-state index in [0.29, 0.717) is 19.6 Å². The van der Waals surface area contributed by atoms with Crippen LogP contribution in [0.5, 0.6) is 5.75 Å². The van der Waals surface area contributed by atoms with Gasteiger partial charge < -0.3 is 14.8 Å². The second kappa shape index (κ2) is 8.73. The molecule has 1 amide bonds. The first-order valence-electron chi connectivity index (χ1n) is 7.75. The minimum absolute atomic E-state index is 0.0414. The number of amides is 1. The van der Waals surface area contributed by atoms with Crippen molar-refractivity contribution in [1.29, 1.82) is 0 Å². The van der Waals surface area contributed by atoms with Crippen LogP contribution in [0.1, 0.15) is 37.8 Å². The van der Waals surface area contributed by atoms with Crippen molar-refractivity contribution >= 4 is 5.91 Å². The van der Waals surface area contributed by atoms with Gasteiger partial charge in [-0.15, -0.1) is 0 Å². The third-order valence-electron chi connectivity index (χ3n) is 3.65. The predicted molar refractivity (Wildman–Crippen MR) is 84.3 cm³/mol. The van der Waals surface area contributed by atoms with E-state index in [1.54, 1.807) is 7.11 Å². The van der Waals surface area contributed by atoms with Crippen LogP contribution in [-0.2, 0) is 9.53 Å². The zero-order chi connectivity index (χ0) is 15.8. The molecular weight excluding hydrogens is 282 g/mol. The standard InChI is InChI=1S/C16H25N3O3/c1-3-22-10-6-9-16(20)17-15-11-13(18-19-15)12-7-4-5-8-14(12)21-2/h4-5,7-8,13,15,18-19H,3,6,9-11H2,1-2H3,(H,17,20). The first-order chi connectivity index (χ1) is 10.7. The van der Waals surface area contributed by atoms with E-state index < -0.39 is 0 Å². The summed E-state index contributed by atoms with van der Waals surface area (Å²) < 4.78 is 10.6. The fourth-order valence-corrected chi connectivity index (χ4v) is 2.55. The van der Waals surface area contributed by atoms with Gasteiger partial charge >= 0.3 is 0 Å². The summed E-state index contributed by atoms with van der Waals surface area (Å²) in [5.74, 6) is 0.894. The third kappa shape index (κ3) is 4.69. The van der Waals surface area contributed by atoms with E-state index in [2.05, 4.69) is 16.2 Å². The van der Waals surface area contributed by atoms with Crippen molar-refractivity contribution in [2.45, 2.75) is 38.4 Å². The molecule has 0 bridgehead atoms. The van der Waals surface area contributed by atoms with Crippen LogP contribution in [0.2, 0.25) is 0 Å². The highest BCUT2D eigenvalue weighted by Gasteiger charge is 2.27. The van der Waals surface area contributed by atoms with Crippen LogP contribution in [-0.4, -0.2) is 32.4 Å². The second-order valence-corrected chi connectivity index (χ2v) is 5.24. The van der Waals surface area contributed by atoms with Gasteiger partial charge in [0.15, 0.2) is 0 Å². The molecule has 122 valence electrons. The van der Waals surface area contributed by atoms with Gasteiger partial charge in [-0.1, -0.05) is 18.2 Å². The SMILES string of the molecule is CCOCCCC(=O)NC1CC(c2ccccc2OC)NN1. The van der Waals surface area contributed by atoms with Crippen molar-refractivity contribution in [2.24, 2.45) is 0 Å². The number of para-hydroxylation sites is 1. The Hall–Kier alpha value is -1.63. The number of hydrogen-bond acceptors (Lipinski definition) is 5. The fourth-order valence-electron chi connectivity index (χ4n) is 2.55. The Morgan fingerprint density at radius 3 is 2.95 bits per heavy atom. The quantitative estimate of drug-likeness (QED) is 0.635. The lowest BCUT2D eigenvalue weighted by Crippen LogP contribution is -2.44. The average molecular weight is 307 g/mol. The van der Waals surface area contributed by atoms with E-state index >= 15 is 0 Å². The van der Waals surface area contributed by atoms with E-state index in [1.165, 1.54) is 0 Å². The zero-order valence-corrected chi connectivity index (χ0v) is 13.2. The minimum atomic E-state index is -0.0745. The molecule has 2 atom stereocenters. The maximum atomic E-state index is 11.9. The highest BCUT2D eigenvalue weighted by Crippen LogP contribution is 2.29. The van der Waals surface area contributed by atoms with Gasteiger partial charge in [0.25, 0.3) is 0 Å². The lowest BCUT2D eigenvalue weighted by molar-refractivity contribution is -0.122. The van der Waals surface area contributed by atoms with Crippen molar-refractivity contribution in [3.05, 3.63) is 29.8 Å². The maximum absolute atomic E-state index is 11.9. The highest BCUT2D eigenvalue weighted by molar-refractivity contribution is 5.76. The van der Waals surface area contributed by atoms with E-state index in [-0.39, 0.29) is 18.1 Å². The molecule has 1 heterocycles. The van der Waals surface area contributed by atoms with Gasteiger partial charge in [0.2, 0.25) is 5.91 Å². The van der Waals surface area contributed by atoms with Crippen LogP contribution < -0.4 is 20.9 Å². The molecule has 0 saturated carbocycles. The summed E-state index contributed by atoms with van der Waals surface area (Å²) in [6.45, 7) is 3.27. The first-order valence-corrected chi connectivity index (χ1v) is 7.75. The summed E-state index contributed by atoms with van der Waals surface area (Å²) in [7, 11) is 1.67. The van der Waals surface area contributed by atoms with Crippen LogP contribution in [0.4, 0.5) is 0 Å². The van der Waals surface area contributed by atoms with E-state index in [1.807, 2.05) is 31.2 Å². The Balaban J connectivity index is 1.79. The van der Waals surface area contributed by atoms with Gasteiger partial charge in [-0.05, 0) is 19.4 Å². The molecule has 3 N–H and O–H groups in total. The molecule has 2 unspecified atom stereocenters. The molecule has 1 aliphatic rings. The van der Waals surface area contributed by atoms with E-state index in [9.17, 15) is 4.79 Å². The molecule has 0 aromatic heterocycles. The normalized spacial score (nSPS) is 20.8. The molecule has 22 heavy (non-hydrogen) atoms. The zero-order valence-electron chi connectivity index (χ0n) is 13.2. The Bertz CT molecular complexity index is 481. The van der Waals surface area contributed by atoms with Crippen molar-refractivity contribution in [3.63, 3.8) is 0 Å². The molecule has 0 aliphatic carbocycles. The number of methoxy groups -OCH3 is 1. The molecule has 1 aromatic rings. The topological polar surface area (TPSA) is 71.6 Å². The number of nitrogens with one attached hydrogen (secondary N) is 3. The number of benzene rings is 1. The molecule has 6 nitrogen and oxygen atoms in total. The van der Waals surface area contributed by atoms with Crippen LogP contribution >= 0.6 is 0 Å². The number of rotatable bonds is 8. The number of hydrogen-bond donors (Lipinski definition) is 3. The summed E-state index contributed by atoms with van der Waals surface area (Å²) in [6.07, 6.45) is 1.93. The lowest BCUT2D eigenvalue weighted by Gasteiger charge is -2.14. The van der Waals surface area contributed by atoms with Crippen molar-refractivity contribution in [2.75, 3.05) is 20.3 Å². The van der Waals surface area contributed by atoms with Gasteiger partial charge in [0, 0.05) is 31.6 Å². The smallest absolute Gasteiger partial charge is 0.221 e. The fraction of sp³-hybridized carbons (Fsp3) is 0.562. The molecule has 0 radical (unpaired) electrons. The Morgan fingerprint density at radius 2 is 2.18 bits per heavy atom. The summed E-state index contributed by atoms with van der Waals surface area (Å²) in [6, 6.07) is 8.02. The predicted octanol–water partition coefficient (Wildman–Crippen LogP) is 1.49. The van der Waals surface area contributed by atoms with Crippen molar-refractivity contribution in [3.8, 4) is 5.75 Å². The second-order valence-electron chi connectivity index (χ2n) is 5.24. The largest absolute Gasteiger partial charge is 0.496 e. The molecule has 1 aliphatic heterocycles. The monoisotopic (exact) mass is 307 g/mol. The molecule has 2 rings (SSSR count). The van der Waals surface area contributed by atoms with Crippen molar-refractivity contribution < 1.29 is 14.3 Å². The number of ether oxygens (including phenoxy) is 2. The molecule has 1 aromatic carbocycles. The first kappa shape index (κ1) is 16.7. The van der Waals surface area contributed by atoms with E-state index in [0.717, 1.165) is 24.2 Å². The molecule has 1 saturated heterocycles. The number of carbonyl (C=O) groups is 1. The van der Waals surface area contributed by atoms with Crippen LogP contribution in [0.15, 0.2) is 24.3 Å². The van der Waals surface area contributed by atoms with E-state index in [4.69, 9.17) is 9.47 Å². The summed E-state index contributed by atoms with van der Waals surface area (Å²) >= 11 is 0. The summed E-state index contributed by atoms with van der Waals surface area (Å²) in [4.78, 5) is 11.9. The summed E-state index contributed by atoms with van der Waals surface area (Å²) in [5, 5.41) is 2.98. The number of hydrazine groups is 1. The lowest BCUT2D eigenvalue weighted by atomic mass is 10.0. The Morgan fingerprint density at radius 1 is 1.36 bits per heavy atom. The third-order valence-corrected chi connectivity index (χ3v) is 3.65. The maximum Gasteiger partial charge on any atom is 0.221 e. The van der Waals surface area contributed by atoms with Gasteiger partial charge in [0.1, 0.15) is 5.75 Å².